The first-order chi connectivity index (χ1) is 13.9. The van der Waals surface area contributed by atoms with Gasteiger partial charge in [-0.3, -0.25) is 9.59 Å². The summed E-state index contributed by atoms with van der Waals surface area (Å²) >= 11 is 0. The molecule has 0 radical (unpaired) electrons. The number of nitrogens with zero attached hydrogens (tertiary/aromatic N) is 1. The second-order valence-corrected chi connectivity index (χ2v) is 6.02. The van der Waals surface area contributed by atoms with E-state index >= 15 is 0 Å². The van der Waals surface area contributed by atoms with Crippen molar-refractivity contribution in [2.75, 3.05) is 32.1 Å². The summed E-state index contributed by atoms with van der Waals surface area (Å²) in [6.45, 7) is 4.43. The number of hydrogen-bond acceptors (Lipinski definition) is 5. The number of methoxy groups -OCH3 is 1. The van der Waals surface area contributed by atoms with Crippen molar-refractivity contribution in [2.45, 2.75) is 13.8 Å². The molecule has 154 valence electrons. The molecule has 0 heterocycles. The lowest BCUT2D eigenvalue weighted by atomic mass is 10.1. The van der Waals surface area contributed by atoms with Crippen LogP contribution in [0, 0.1) is 5.82 Å². The van der Waals surface area contributed by atoms with E-state index in [0.29, 0.717) is 24.3 Å². The Hall–Kier alpha value is -3.42. The van der Waals surface area contributed by atoms with Crippen molar-refractivity contribution in [1.82, 2.24) is 4.90 Å². The van der Waals surface area contributed by atoms with Gasteiger partial charge in [0.05, 0.1) is 12.7 Å². The number of esters is 1. The number of halogens is 1. The van der Waals surface area contributed by atoms with Crippen molar-refractivity contribution >= 4 is 23.5 Å². The highest BCUT2D eigenvalue weighted by atomic mass is 19.1. The number of benzene rings is 2. The molecule has 0 unspecified atom stereocenters. The van der Waals surface area contributed by atoms with Crippen LogP contribution in [0.5, 0.6) is 5.75 Å². The van der Waals surface area contributed by atoms with E-state index in [4.69, 9.17) is 9.47 Å². The molecule has 2 amide bonds. The fraction of sp³-hybridized carbons (Fsp3) is 0.286. The molecule has 0 fully saturated rings. The molecule has 29 heavy (non-hydrogen) atoms. The molecule has 1 N–H and O–H groups in total. The number of amides is 2. The number of carbonyl (C=O) groups excluding carboxylic acids is 3. The van der Waals surface area contributed by atoms with E-state index in [1.165, 1.54) is 19.2 Å². The normalized spacial score (nSPS) is 10.2. The van der Waals surface area contributed by atoms with Crippen LogP contribution in [0.15, 0.2) is 42.5 Å². The summed E-state index contributed by atoms with van der Waals surface area (Å²) in [5, 5.41) is 2.55. The predicted molar refractivity (Wildman–Crippen MR) is 106 cm³/mol. The van der Waals surface area contributed by atoms with E-state index in [1.807, 2.05) is 13.8 Å². The van der Waals surface area contributed by atoms with Crippen LogP contribution in [0.25, 0.3) is 0 Å². The maximum atomic E-state index is 13.9. The van der Waals surface area contributed by atoms with Crippen molar-refractivity contribution < 1.29 is 28.2 Å². The van der Waals surface area contributed by atoms with Gasteiger partial charge >= 0.3 is 5.97 Å². The smallest absolute Gasteiger partial charge is 0.341 e. The number of anilines is 1. The maximum absolute atomic E-state index is 13.9. The van der Waals surface area contributed by atoms with Gasteiger partial charge in [0.2, 0.25) is 0 Å². The van der Waals surface area contributed by atoms with Gasteiger partial charge in [0.1, 0.15) is 11.6 Å². The van der Waals surface area contributed by atoms with Gasteiger partial charge in [-0.1, -0.05) is 0 Å². The van der Waals surface area contributed by atoms with Crippen molar-refractivity contribution in [3.63, 3.8) is 0 Å². The minimum absolute atomic E-state index is 0.0941. The highest BCUT2D eigenvalue weighted by molar-refractivity contribution is 5.97. The molecule has 2 aromatic carbocycles. The fourth-order valence-corrected chi connectivity index (χ4v) is 2.58. The van der Waals surface area contributed by atoms with Gasteiger partial charge < -0.3 is 19.7 Å². The van der Waals surface area contributed by atoms with Crippen LogP contribution < -0.4 is 10.1 Å². The fourth-order valence-electron chi connectivity index (χ4n) is 2.58. The van der Waals surface area contributed by atoms with E-state index in [-0.39, 0.29) is 17.2 Å². The van der Waals surface area contributed by atoms with Crippen LogP contribution in [0.2, 0.25) is 0 Å². The molecular weight excluding hydrogens is 379 g/mol. The Morgan fingerprint density at radius 3 is 2.24 bits per heavy atom. The Balaban J connectivity index is 1.91. The Morgan fingerprint density at radius 2 is 1.69 bits per heavy atom. The molecule has 0 aliphatic heterocycles. The Bertz CT molecular complexity index is 879. The molecule has 2 rings (SSSR count). The lowest BCUT2D eigenvalue weighted by molar-refractivity contribution is -0.119. The van der Waals surface area contributed by atoms with E-state index in [2.05, 4.69) is 5.32 Å². The standard InChI is InChI=1S/C21H23FN2O5/c1-4-24(5-2)20(26)14-6-8-15(9-7-14)23-19(25)13-29-21(27)17-11-10-16(28-3)12-18(17)22/h6-12H,4-5,13H2,1-3H3,(H,23,25). The summed E-state index contributed by atoms with van der Waals surface area (Å²) < 4.78 is 23.6. The van der Waals surface area contributed by atoms with Gasteiger partial charge in [0.15, 0.2) is 6.61 Å². The van der Waals surface area contributed by atoms with Gasteiger partial charge in [-0.2, -0.15) is 0 Å². The Kier molecular flexibility index (Phi) is 7.70. The molecule has 7 nitrogen and oxygen atoms in total. The van der Waals surface area contributed by atoms with E-state index in [0.717, 1.165) is 6.07 Å². The largest absolute Gasteiger partial charge is 0.497 e. The number of rotatable bonds is 8. The Morgan fingerprint density at radius 1 is 1.03 bits per heavy atom. The van der Waals surface area contributed by atoms with Gasteiger partial charge in [0, 0.05) is 30.4 Å². The number of carbonyl (C=O) groups is 3. The minimum atomic E-state index is -0.958. The predicted octanol–water partition coefficient (Wildman–Crippen LogP) is 3.11. The lowest BCUT2D eigenvalue weighted by Gasteiger charge is -2.18. The summed E-state index contributed by atoms with van der Waals surface area (Å²) in [6, 6.07) is 10.1. The molecule has 0 atom stereocenters. The van der Waals surface area contributed by atoms with Crippen LogP contribution in [0.4, 0.5) is 10.1 Å². The Labute approximate surface area is 168 Å². The quantitative estimate of drug-likeness (QED) is 0.686. The van der Waals surface area contributed by atoms with Gasteiger partial charge in [0.25, 0.3) is 11.8 Å². The molecule has 8 heteroatoms. The average molecular weight is 402 g/mol. The molecule has 0 saturated heterocycles. The van der Waals surface area contributed by atoms with Crippen molar-refractivity contribution in [1.29, 1.82) is 0 Å². The summed E-state index contributed by atoms with van der Waals surface area (Å²) in [6.07, 6.45) is 0. The first kappa shape index (κ1) is 21.9. The lowest BCUT2D eigenvalue weighted by Crippen LogP contribution is -2.30. The zero-order valence-electron chi connectivity index (χ0n) is 16.5. The minimum Gasteiger partial charge on any atom is -0.497 e. The van der Waals surface area contributed by atoms with Gasteiger partial charge in [-0.15, -0.1) is 0 Å². The van der Waals surface area contributed by atoms with Crippen molar-refractivity contribution in [3.05, 3.63) is 59.4 Å². The highest BCUT2D eigenvalue weighted by Crippen LogP contribution is 2.17. The second kappa shape index (κ2) is 10.2. The molecular formula is C21H23FN2O5. The molecule has 2 aromatic rings. The van der Waals surface area contributed by atoms with E-state index in [9.17, 15) is 18.8 Å². The second-order valence-electron chi connectivity index (χ2n) is 6.02. The molecule has 0 saturated carbocycles. The first-order valence-electron chi connectivity index (χ1n) is 9.09. The summed E-state index contributed by atoms with van der Waals surface area (Å²) in [5.74, 6) is -2.18. The van der Waals surface area contributed by atoms with Crippen LogP contribution in [-0.2, 0) is 9.53 Å². The zero-order valence-corrected chi connectivity index (χ0v) is 16.5. The molecule has 0 bridgehead atoms. The first-order valence-corrected chi connectivity index (χ1v) is 9.09. The van der Waals surface area contributed by atoms with E-state index < -0.39 is 24.3 Å². The summed E-state index contributed by atoms with van der Waals surface area (Å²) in [5.41, 5.74) is 0.656. The van der Waals surface area contributed by atoms with Crippen LogP contribution in [0.1, 0.15) is 34.6 Å². The topological polar surface area (TPSA) is 84.9 Å². The molecule has 0 aliphatic rings. The highest BCUT2D eigenvalue weighted by Gasteiger charge is 2.16. The SMILES string of the molecule is CCN(CC)C(=O)c1ccc(NC(=O)COC(=O)c2ccc(OC)cc2F)cc1. The van der Waals surface area contributed by atoms with Crippen LogP contribution in [-0.4, -0.2) is 49.5 Å². The zero-order chi connectivity index (χ0) is 21.4. The van der Waals surface area contributed by atoms with Gasteiger partial charge in [-0.05, 0) is 50.2 Å². The van der Waals surface area contributed by atoms with Gasteiger partial charge in [-0.25, -0.2) is 9.18 Å². The average Bonchev–Trinajstić information content (AvgIpc) is 2.73. The third kappa shape index (κ3) is 5.78. The third-order valence-electron chi connectivity index (χ3n) is 4.20. The third-order valence-corrected chi connectivity index (χ3v) is 4.20. The number of nitrogens with one attached hydrogen (secondary N) is 1. The molecule has 0 spiro atoms. The number of hydrogen-bond donors (Lipinski definition) is 1. The van der Waals surface area contributed by atoms with E-state index in [1.54, 1.807) is 29.2 Å². The molecule has 0 aromatic heterocycles. The number of ether oxygens (including phenoxy) is 2. The monoisotopic (exact) mass is 402 g/mol. The molecule has 0 aliphatic carbocycles. The van der Waals surface area contributed by atoms with Crippen molar-refractivity contribution in [3.8, 4) is 5.75 Å². The van der Waals surface area contributed by atoms with Crippen LogP contribution >= 0.6 is 0 Å². The van der Waals surface area contributed by atoms with Crippen LogP contribution in [0.3, 0.4) is 0 Å². The maximum Gasteiger partial charge on any atom is 0.341 e. The van der Waals surface area contributed by atoms with Crippen molar-refractivity contribution in [2.24, 2.45) is 0 Å². The summed E-state index contributed by atoms with van der Waals surface area (Å²) in [4.78, 5) is 37.9. The summed E-state index contributed by atoms with van der Waals surface area (Å²) in [7, 11) is 1.38.